The zero-order valence-electron chi connectivity index (χ0n) is 5.54. The van der Waals surface area contributed by atoms with Crippen LogP contribution >= 0.6 is 0 Å². The first-order chi connectivity index (χ1) is 4.43. The van der Waals surface area contributed by atoms with Crippen LogP contribution in [0.3, 0.4) is 0 Å². The number of hydrogen-bond acceptors (Lipinski definition) is 0. The van der Waals surface area contributed by atoms with E-state index in [9.17, 15) is 0 Å². The molecule has 0 heterocycles. The van der Waals surface area contributed by atoms with E-state index in [-0.39, 0.29) is 0 Å². The summed E-state index contributed by atoms with van der Waals surface area (Å²) in [6.07, 6.45) is 2.18. The third-order valence-electron chi connectivity index (χ3n) is 1.16. The van der Waals surface area contributed by atoms with E-state index in [4.69, 9.17) is 0 Å². The average molecular weight is 225 g/mol. The van der Waals surface area contributed by atoms with E-state index >= 15 is 0 Å². The van der Waals surface area contributed by atoms with Crippen molar-refractivity contribution in [3.8, 4) is 0 Å². The second kappa shape index (κ2) is 3.72. The summed E-state index contributed by atoms with van der Waals surface area (Å²) >= 11 is 0.694. The molecule has 1 heteroatoms. The molecule has 9 heavy (non-hydrogen) atoms. The third-order valence-corrected chi connectivity index (χ3v) is 2.11. The van der Waals surface area contributed by atoms with E-state index in [1.54, 1.807) is 0 Å². The predicted molar refractivity (Wildman–Crippen MR) is 45.4 cm³/mol. The number of rotatable bonds is 1. The summed E-state index contributed by atoms with van der Waals surface area (Å²) in [6.45, 7) is 0. The van der Waals surface area contributed by atoms with Gasteiger partial charge in [0.25, 0.3) is 0 Å². The Morgan fingerprint density at radius 3 is 2.33 bits per heavy atom. The van der Waals surface area contributed by atoms with Crippen LogP contribution in [0.25, 0.3) is 6.08 Å². The minimum absolute atomic E-state index is 0.694. The summed E-state index contributed by atoms with van der Waals surface area (Å²) in [7, 11) is 0. The van der Waals surface area contributed by atoms with E-state index in [0.29, 0.717) is 22.5 Å². The SMILES string of the molecule is [SnH3]/[CH]=C/c1ccccc1. The maximum absolute atomic E-state index is 2.25. The van der Waals surface area contributed by atoms with Gasteiger partial charge in [0, 0.05) is 0 Å². The fourth-order valence-electron chi connectivity index (χ4n) is 0.757. The van der Waals surface area contributed by atoms with Gasteiger partial charge in [-0.2, -0.15) is 0 Å². The van der Waals surface area contributed by atoms with Crippen molar-refractivity contribution in [3.63, 3.8) is 0 Å². The normalized spacial score (nSPS) is 10.7. The van der Waals surface area contributed by atoms with E-state index in [0.717, 1.165) is 0 Å². The Kier molecular flexibility index (Phi) is 2.84. The average Bonchev–Trinajstić information content (AvgIpc) is 1.91. The Bertz CT molecular complexity index is 189. The molecular formula is C8H10Sn. The fourth-order valence-corrected chi connectivity index (χ4v) is 1.86. The Balaban J connectivity index is 2.85. The van der Waals surface area contributed by atoms with Crippen LogP contribution in [-0.2, 0) is 0 Å². The van der Waals surface area contributed by atoms with Crippen LogP contribution in [0.4, 0.5) is 0 Å². The van der Waals surface area contributed by atoms with Gasteiger partial charge in [0.2, 0.25) is 0 Å². The van der Waals surface area contributed by atoms with E-state index < -0.39 is 0 Å². The molecule has 1 aromatic rings. The molecule has 0 radical (unpaired) electrons. The quantitative estimate of drug-likeness (QED) is 0.626. The van der Waals surface area contributed by atoms with Crippen molar-refractivity contribution >= 4 is 28.6 Å². The zero-order valence-corrected chi connectivity index (χ0v) is 11.2. The molecule has 0 aliphatic heterocycles. The summed E-state index contributed by atoms with van der Waals surface area (Å²) in [5.74, 6) is 0. The van der Waals surface area contributed by atoms with Crippen molar-refractivity contribution in [1.82, 2.24) is 0 Å². The monoisotopic (exact) mass is 226 g/mol. The molecule has 0 N–H and O–H groups in total. The van der Waals surface area contributed by atoms with Gasteiger partial charge in [-0.25, -0.2) is 0 Å². The second-order valence-electron chi connectivity index (χ2n) is 1.91. The first-order valence-electron chi connectivity index (χ1n) is 3.11. The fraction of sp³-hybridized carbons (Fsp3) is 0. The minimum atomic E-state index is 0.694. The van der Waals surface area contributed by atoms with Gasteiger partial charge in [-0.15, -0.1) is 0 Å². The van der Waals surface area contributed by atoms with Gasteiger partial charge < -0.3 is 0 Å². The Labute approximate surface area is 68.7 Å². The summed E-state index contributed by atoms with van der Waals surface area (Å²) in [5, 5.41) is 0. The standard InChI is InChI=1S/C8H7.Sn.3H/c1-2-8-6-4-3-5-7-8;;;;/h1-7H;;;;. The molecule has 0 bridgehead atoms. The Morgan fingerprint density at radius 2 is 1.78 bits per heavy atom. The molecule has 1 rings (SSSR count). The van der Waals surface area contributed by atoms with Gasteiger partial charge in [-0.3, -0.25) is 0 Å². The molecule has 0 aliphatic rings. The Hall–Kier alpha value is -0.241. The van der Waals surface area contributed by atoms with Crippen LogP contribution < -0.4 is 0 Å². The van der Waals surface area contributed by atoms with Gasteiger partial charge in [0.1, 0.15) is 0 Å². The van der Waals surface area contributed by atoms with Crippen LogP contribution in [0.2, 0.25) is 0 Å². The first-order valence-corrected chi connectivity index (χ1v) is 6.41. The first kappa shape index (κ1) is 6.87. The molecule has 0 amide bonds. The molecule has 1 aromatic carbocycles. The summed E-state index contributed by atoms with van der Waals surface area (Å²) < 4.78 is 2.25. The summed E-state index contributed by atoms with van der Waals surface area (Å²) in [4.78, 5) is 0. The van der Waals surface area contributed by atoms with E-state index in [1.807, 2.05) is 6.07 Å². The van der Waals surface area contributed by atoms with Gasteiger partial charge in [-0.1, -0.05) is 0 Å². The molecule has 0 saturated heterocycles. The van der Waals surface area contributed by atoms with E-state index in [1.165, 1.54) is 5.56 Å². The van der Waals surface area contributed by atoms with Gasteiger partial charge in [0.05, 0.1) is 0 Å². The van der Waals surface area contributed by atoms with Gasteiger partial charge in [-0.05, 0) is 0 Å². The molecule has 46 valence electrons. The summed E-state index contributed by atoms with van der Waals surface area (Å²) in [6, 6.07) is 10.4. The zero-order chi connectivity index (χ0) is 6.53. The van der Waals surface area contributed by atoms with Crippen molar-refractivity contribution in [2.75, 3.05) is 0 Å². The van der Waals surface area contributed by atoms with Crippen LogP contribution in [0, 0.1) is 0 Å². The molecule has 0 atom stereocenters. The van der Waals surface area contributed by atoms with Crippen LogP contribution in [0.5, 0.6) is 0 Å². The molecule has 0 spiro atoms. The van der Waals surface area contributed by atoms with Crippen molar-refractivity contribution < 1.29 is 0 Å². The summed E-state index contributed by atoms with van der Waals surface area (Å²) in [5.41, 5.74) is 1.32. The second-order valence-corrected chi connectivity index (χ2v) is 3.81. The molecule has 0 unspecified atom stereocenters. The topological polar surface area (TPSA) is 0 Å². The molecule has 0 fully saturated rings. The van der Waals surface area contributed by atoms with E-state index in [2.05, 4.69) is 34.4 Å². The molecule has 0 aromatic heterocycles. The van der Waals surface area contributed by atoms with Crippen molar-refractivity contribution in [3.05, 3.63) is 40.0 Å². The van der Waals surface area contributed by atoms with Crippen LogP contribution in [0.1, 0.15) is 5.56 Å². The van der Waals surface area contributed by atoms with Crippen LogP contribution in [-0.4, -0.2) is 22.5 Å². The molecular weight excluding hydrogens is 215 g/mol. The molecule has 0 nitrogen and oxygen atoms in total. The predicted octanol–water partition coefficient (Wildman–Crippen LogP) is 1.02. The van der Waals surface area contributed by atoms with Crippen molar-refractivity contribution in [1.29, 1.82) is 0 Å². The third kappa shape index (κ3) is 2.22. The molecule has 0 saturated carbocycles. The van der Waals surface area contributed by atoms with Gasteiger partial charge >= 0.3 is 68.6 Å². The van der Waals surface area contributed by atoms with Crippen molar-refractivity contribution in [2.24, 2.45) is 0 Å². The maximum atomic E-state index is 2.25. The number of hydrogen-bond donors (Lipinski definition) is 0. The van der Waals surface area contributed by atoms with Crippen LogP contribution in [0.15, 0.2) is 34.4 Å². The number of benzene rings is 1. The molecule has 0 aliphatic carbocycles. The Morgan fingerprint density at radius 1 is 1.11 bits per heavy atom. The van der Waals surface area contributed by atoms with Gasteiger partial charge in [0.15, 0.2) is 0 Å². The van der Waals surface area contributed by atoms with Crippen molar-refractivity contribution in [2.45, 2.75) is 0 Å².